The van der Waals surface area contributed by atoms with Crippen molar-refractivity contribution < 1.29 is 37.0 Å². The Morgan fingerprint density at radius 1 is 0.672 bits per heavy atom. The Morgan fingerprint density at radius 3 is 1.31 bits per heavy atom. The summed E-state index contributed by atoms with van der Waals surface area (Å²) in [5, 5.41) is 26.0. The molecule has 0 saturated carbocycles. The van der Waals surface area contributed by atoms with Crippen molar-refractivity contribution in [3.8, 4) is 23.5 Å². The van der Waals surface area contributed by atoms with E-state index in [0.29, 0.717) is 60.8 Å². The molecule has 4 aromatic rings. The molecule has 0 bridgehead atoms. The third kappa shape index (κ3) is 11.3. The summed E-state index contributed by atoms with van der Waals surface area (Å²) in [6, 6.07) is 1.89. The van der Waals surface area contributed by atoms with E-state index >= 15 is 0 Å². The van der Waals surface area contributed by atoms with Gasteiger partial charge >= 0.3 is 12.1 Å². The summed E-state index contributed by atoms with van der Waals surface area (Å²) >= 11 is 0. The highest BCUT2D eigenvalue weighted by molar-refractivity contribution is 7.92. The molecule has 2 aliphatic heterocycles. The Bertz CT molecular complexity index is 2410. The molecule has 0 aromatic carbocycles. The molecule has 2 unspecified atom stereocenters. The van der Waals surface area contributed by atoms with E-state index in [0.717, 1.165) is 11.1 Å². The van der Waals surface area contributed by atoms with Gasteiger partial charge in [0, 0.05) is 23.0 Å². The lowest BCUT2D eigenvalue weighted by Crippen LogP contribution is -2.33. The summed E-state index contributed by atoms with van der Waals surface area (Å²) in [5.74, 6) is 1.63. The fourth-order valence-corrected chi connectivity index (χ4v) is 9.02. The van der Waals surface area contributed by atoms with Crippen molar-refractivity contribution in [2.45, 2.75) is 130 Å². The van der Waals surface area contributed by atoms with Crippen molar-refractivity contribution in [2.24, 2.45) is 29.8 Å². The number of hydrogen-bond donors (Lipinski definition) is 4. The number of urea groups is 2. The number of aromatic nitrogens is 6. The van der Waals surface area contributed by atoms with Gasteiger partial charge in [0.2, 0.25) is 23.5 Å². The monoisotopic (exact) mass is 928 g/mol. The number of rotatable bonds is 10. The van der Waals surface area contributed by atoms with E-state index in [4.69, 9.17) is 29.2 Å². The van der Waals surface area contributed by atoms with Gasteiger partial charge in [-0.25, -0.2) is 47.6 Å². The normalized spacial score (nSPS) is 16.8. The molecule has 352 valence electrons. The zero-order valence-corrected chi connectivity index (χ0v) is 40.9. The number of carbonyl (C=O) groups excluding carboxylic acids is 2. The van der Waals surface area contributed by atoms with Gasteiger partial charge in [-0.15, -0.1) is 8.73 Å². The van der Waals surface area contributed by atoms with E-state index in [1.807, 2.05) is 83.1 Å². The van der Waals surface area contributed by atoms with Crippen LogP contribution in [0.2, 0.25) is 0 Å². The van der Waals surface area contributed by atoms with Crippen LogP contribution in [0.1, 0.15) is 129 Å². The van der Waals surface area contributed by atoms with Crippen LogP contribution < -0.4 is 39.9 Å². The van der Waals surface area contributed by atoms with Crippen molar-refractivity contribution >= 4 is 43.3 Å². The maximum Gasteiger partial charge on any atom is 0.354 e. The lowest BCUT2D eigenvalue weighted by Gasteiger charge is -2.30. The van der Waals surface area contributed by atoms with Gasteiger partial charge in [0.1, 0.15) is 9.79 Å². The highest BCUT2D eigenvalue weighted by Crippen LogP contribution is 2.38. The summed E-state index contributed by atoms with van der Waals surface area (Å²) in [6.45, 7) is 26.0. The van der Waals surface area contributed by atoms with Crippen LogP contribution in [0.5, 0.6) is 23.5 Å². The molecule has 0 radical (unpaired) electrons. The van der Waals surface area contributed by atoms with Crippen molar-refractivity contribution in [1.29, 1.82) is 0 Å². The first-order valence-corrected chi connectivity index (χ1v) is 24.1. The number of nitrogens with one attached hydrogen (secondary N) is 2. The Labute approximate surface area is 376 Å². The number of methoxy groups -OCH3 is 2. The molecule has 6 rings (SSSR count). The number of amides is 4. The van der Waals surface area contributed by atoms with E-state index in [1.54, 1.807) is 35.7 Å². The van der Waals surface area contributed by atoms with E-state index < -0.39 is 31.9 Å². The zero-order valence-electron chi connectivity index (χ0n) is 39.3. The van der Waals surface area contributed by atoms with Crippen molar-refractivity contribution in [2.75, 3.05) is 38.1 Å². The van der Waals surface area contributed by atoms with Gasteiger partial charge in [0.05, 0.1) is 75.7 Å². The molecule has 2 aliphatic rings. The summed E-state index contributed by atoms with van der Waals surface area (Å²) in [5.41, 5.74) is 3.76. The first kappa shape index (κ1) is 49.7. The number of nitrogens with zero attached hydrogens (tertiary/aromatic N) is 8. The van der Waals surface area contributed by atoms with E-state index in [2.05, 4.69) is 39.5 Å². The minimum absolute atomic E-state index is 0.000389. The topological polar surface area (TPSA) is 267 Å². The molecule has 4 aromatic heterocycles. The van der Waals surface area contributed by atoms with Gasteiger partial charge in [-0.05, 0) is 34.8 Å². The molecule has 22 heteroatoms. The molecule has 64 heavy (non-hydrogen) atoms. The van der Waals surface area contributed by atoms with Crippen LogP contribution in [0, 0.1) is 10.8 Å². The summed E-state index contributed by atoms with van der Waals surface area (Å²) in [4.78, 5) is 34.9. The number of pyridine rings is 2. The van der Waals surface area contributed by atoms with E-state index in [-0.39, 0.29) is 56.1 Å². The Hall–Kier alpha value is -5.32. The van der Waals surface area contributed by atoms with Crippen molar-refractivity contribution in [3.05, 3.63) is 47.0 Å². The third-order valence-corrected chi connectivity index (χ3v) is 13.0. The lowest BCUT2D eigenvalue weighted by atomic mass is 9.94. The molecule has 0 fully saturated rings. The van der Waals surface area contributed by atoms with Gasteiger partial charge in [-0.3, -0.25) is 0 Å². The molecule has 4 amide bonds. The van der Waals surface area contributed by atoms with Gasteiger partial charge in [-0.1, -0.05) is 83.1 Å². The Balaban J connectivity index is 0.000000241. The van der Waals surface area contributed by atoms with E-state index in [1.165, 1.54) is 12.4 Å². The van der Waals surface area contributed by atoms with Gasteiger partial charge in [-0.2, -0.15) is 10.2 Å². The molecule has 0 spiro atoms. The number of hydrogen-bond acceptors (Lipinski definition) is 12. The highest BCUT2D eigenvalue weighted by atomic mass is 32.2. The molecule has 20 nitrogen and oxygen atoms in total. The molecule has 6 heterocycles. The average Bonchev–Trinajstić information content (AvgIpc) is 3.81. The van der Waals surface area contributed by atoms with Gasteiger partial charge in [0.15, 0.2) is 19.8 Å². The first-order valence-electron chi connectivity index (χ1n) is 21.0. The van der Waals surface area contributed by atoms with Crippen LogP contribution in [0.25, 0.3) is 0 Å². The molecule has 6 N–H and O–H groups in total. The Kier molecular flexibility index (Phi) is 14.8. The molecule has 0 saturated heterocycles. The molecular formula is C42H64N12O8S2. The van der Waals surface area contributed by atoms with Crippen molar-refractivity contribution in [1.82, 2.24) is 29.5 Å². The summed E-state index contributed by atoms with van der Waals surface area (Å²) < 4.78 is 59.3. The maximum absolute atomic E-state index is 13.2. The maximum atomic E-state index is 13.2. The van der Waals surface area contributed by atoms with Crippen LogP contribution in [0.3, 0.4) is 0 Å². The predicted octanol–water partition coefficient (Wildman–Crippen LogP) is 7.77. The zero-order chi connectivity index (χ0) is 47.7. The van der Waals surface area contributed by atoms with Crippen LogP contribution in [-0.4, -0.2) is 77.4 Å². The minimum Gasteiger partial charge on any atom is -0.481 e. The van der Waals surface area contributed by atoms with Crippen LogP contribution in [0.15, 0.2) is 43.0 Å². The lowest BCUT2D eigenvalue weighted by molar-refractivity contribution is 0.0972. The SMILES string of the molecule is COc1cc(C(C)C)c(NC(=O)N=S(N)(=O)c2cnn3c2OCC(C)(C)C3)c(C(C)C)n1.COc1cc(C(C)C)c(NC(=O)N=S(N)(=O)c2cnn3c2OCC(C)(C)C3)c(C(C)C)n1. The van der Waals surface area contributed by atoms with Crippen LogP contribution in [0.4, 0.5) is 21.0 Å². The van der Waals surface area contributed by atoms with Gasteiger partial charge < -0.3 is 29.6 Å². The smallest absolute Gasteiger partial charge is 0.354 e. The predicted molar refractivity (Wildman–Crippen MR) is 245 cm³/mol. The summed E-state index contributed by atoms with van der Waals surface area (Å²) in [6.07, 6.45) is 2.70. The van der Waals surface area contributed by atoms with E-state index in [9.17, 15) is 18.0 Å². The number of fused-ring (bicyclic) bond motifs is 2. The van der Waals surface area contributed by atoms with Crippen molar-refractivity contribution in [3.63, 3.8) is 0 Å². The van der Waals surface area contributed by atoms with Crippen LogP contribution in [-0.2, 0) is 32.9 Å². The van der Waals surface area contributed by atoms with Crippen LogP contribution >= 0.6 is 0 Å². The number of ether oxygens (including phenoxy) is 4. The number of nitrogens with two attached hydrogens (primary N) is 2. The van der Waals surface area contributed by atoms with Gasteiger partial charge in [0.25, 0.3) is 0 Å². The molecule has 2 atom stereocenters. The molecular weight excluding hydrogens is 865 g/mol. The second-order valence-corrected chi connectivity index (χ2v) is 22.2. The highest BCUT2D eigenvalue weighted by Gasteiger charge is 2.34. The summed E-state index contributed by atoms with van der Waals surface area (Å²) in [7, 11) is -4.08. The fraction of sp³-hybridized carbons (Fsp3) is 0.571. The second-order valence-electron chi connectivity index (χ2n) is 18.7. The average molecular weight is 929 g/mol. The number of carbonyl (C=O) groups is 2. The quantitative estimate of drug-likeness (QED) is 0.119. The Morgan fingerprint density at radius 2 is 1.02 bits per heavy atom. The molecule has 0 aliphatic carbocycles. The first-order chi connectivity index (χ1) is 29.7. The fourth-order valence-electron chi connectivity index (χ4n) is 7.01. The largest absolute Gasteiger partial charge is 0.481 e. The second kappa shape index (κ2) is 19.0. The number of anilines is 2. The third-order valence-electron chi connectivity index (χ3n) is 10.3. The standard InChI is InChI=1S/2C21H32N6O4S/c2*1-12(2)14-8-16(30-7)24-17(13(3)4)18(14)25-20(28)26-32(22,29)15-9-23-27-10-21(5,6)11-31-19(15)27/h2*8-9,12-13H,10-11H2,1-7H3,(H3,22,25,26,28,29). The minimum atomic E-state index is -3.58.